The number of aromatic nitrogens is 4. The molecule has 1 heterocycles. The number of alkyl halides is 3. The van der Waals surface area contributed by atoms with E-state index in [1.54, 1.807) is 0 Å². The van der Waals surface area contributed by atoms with Crippen molar-refractivity contribution in [1.82, 2.24) is 25.5 Å². The number of hydrogen-bond acceptors (Lipinski definition) is 4. The lowest BCUT2D eigenvalue weighted by Crippen LogP contribution is -2.37. The van der Waals surface area contributed by atoms with Crippen molar-refractivity contribution in [3.05, 3.63) is 5.82 Å². The van der Waals surface area contributed by atoms with E-state index in [1.807, 2.05) is 0 Å². The summed E-state index contributed by atoms with van der Waals surface area (Å²) in [4.78, 5) is 10.5. The van der Waals surface area contributed by atoms with Crippen LogP contribution in [0.25, 0.3) is 0 Å². The second-order valence-electron chi connectivity index (χ2n) is 4.40. The highest BCUT2D eigenvalue weighted by atomic mass is 19.4. The van der Waals surface area contributed by atoms with Crippen molar-refractivity contribution in [1.29, 1.82) is 0 Å². The molecule has 0 spiro atoms. The fraction of sp³-hybridized carbons (Fsp3) is 0.778. The molecule has 1 aromatic heterocycles. The van der Waals surface area contributed by atoms with Gasteiger partial charge in [0.1, 0.15) is 0 Å². The van der Waals surface area contributed by atoms with Crippen LogP contribution in [0.5, 0.6) is 0 Å². The van der Waals surface area contributed by atoms with Gasteiger partial charge in [-0.25, -0.2) is 9.48 Å². The largest absolute Gasteiger partial charge is 0.465 e. The number of nitrogens with zero attached hydrogens (tertiary/aromatic N) is 4. The van der Waals surface area contributed by atoms with E-state index in [2.05, 4.69) is 20.8 Å². The fourth-order valence-corrected chi connectivity index (χ4v) is 2.27. The highest BCUT2D eigenvalue weighted by molar-refractivity contribution is 5.64. The summed E-state index contributed by atoms with van der Waals surface area (Å²) in [6.45, 7) is 0. The van der Waals surface area contributed by atoms with E-state index in [1.165, 1.54) is 0 Å². The predicted molar refractivity (Wildman–Crippen MR) is 55.3 cm³/mol. The van der Waals surface area contributed by atoms with E-state index in [4.69, 9.17) is 5.11 Å². The second kappa shape index (κ2) is 5.02. The summed E-state index contributed by atoms with van der Waals surface area (Å²) in [5.41, 5.74) is 0. The number of halogens is 3. The standard InChI is InChI=1S/C9H12F3N5O2/c10-9(11,12)7-14-15-16-17(7)6-3-1-5(2-4-6)13-8(18)19/h5-6,13H,1-4H2,(H,18,19). The van der Waals surface area contributed by atoms with Crippen molar-refractivity contribution >= 4 is 6.09 Å². The number of amides is 1. The first kappa shape index (κ1) is 13.6. The molecule has 2 rings (SSSR count). The Balaban J connectivity index is 2.02. The van der Waals surface area contributed by atoms with Crippen LogP contribution in [-0.2, 0) is 6.18 Å². The molecule has 1 fully saturated rings. The Morgan fingerprint density at radius 1 is 1.32 bits per heavy atom. The van der Waals surface area contributed by atoms with Gasteiger partial charge in [-0.05, 0) is 36.1 Å². The molecule has 0 unspecified atom stereocenters. The number of hydrogen-bond donors (Lipinski definition) is 2. The third-order valence-electron chi connectivity index (χ3n) is 3.12. The molecule has 0 bridgehead atoms. The molecule has 0 saturated heterocycles. The summed E-state index contributed by atoms with van der Waals surface area (Å²) in [5, 5.41) is 20.3. The summed E-state index contributed by atoms with van der Waals surface area (Å²) in [5.74, 6) is -1.11. The van der Waals surface area contributed by atoms with Gasteiger partial charge in [-0.1, -0.05) is 0 Å². The van der Waals surface area contributed by atoms with Gasteiger partial charge in [0, 0.05) is 6.04 Å². The smallest absolute Gasteiger partial charge is 0.453 e. The Morgan fingerprint density at radius 2 is 1.95 bits per heavy atom. The average molecular weight is 279 g/mol. The number of nitrogens with one attached hydrogen (secondary N) is 1. The summed E-state index contributed by atoms with van der Waals surface area (Å²) < 4.78 is 38.7. The van der Waals surface area contributed by atoms with Crippen molar-refractivity contribution in [2.24, 2.45) is 0 Å². The maximum Gasteiger partial charge on any atom is 0.453 e. The molecule has 1 aliphatic rings. The molecule has 0 radical (unpaired) electrons. The van der Waals surface area contributed by atoms with E-state index in [-0.39, 0.29) is 6.04 Å². The summed E-state index contributed by atoms with van der Waals surface area (Å²) in [7, 11) is 0. The normalized spacial score (nSPS) is 24.2. The van der Waals surface area contributed by atoms with Crippen LogP contribution in [0.4, 0.5) is 18.0 Å². The molecule has 19 heavy (non-hydrogen) atoms. The van der Waals surface area contributed by atoms with E-state index in [9.17, 15) is 18.0 Å². The molecule has 0 atom stereocenters. The molecule has 1 amide bonds. The Hall–Kier alpha value is -1.87. The first-order chi connectivity index (χ1) is 8.88. The van der Waals surface area contributed by atoms with Gasteiger partial charge >= 0.3 is 12.3 Å². The van der Waals surface area contributed by atoms with Gasteiger partial charge in [0.2, 0.25) is 0 Å². The van der Waals surface area contributed by atoms with Gasteiger partial charge < -0.3 is 10.4 Å². The van der Waals surface area contributed by atoms with Crippen LogP contribution < -0.4 is 5.32 Å². The van der Waals surface area contributed by atoms with Crippen LogP contribution in [0.2, 0.25) is 0 Å². The lowest BCUT2D eigenvalue weighted by Gasteiger charge is -2.28. The van der Waals surface area contributed by atoms with Gasteiger partial charge in [0.05, 0.1) is 6.04 Å². The van der Waals surface area contributed by atoms with Gasteiger partial charge in [0.15, 0.2) is 0 Å². The molecule has 1 saturated carbocycles. The van der Waals surface area contributed by atoms with Crippen molar-refractivity contribution in [2.45, 2.75) is 43.9 Å². The zero-order valence-corrected chi connectivity index (χ0v) is 9.76. The first-order valence-electron chi connectivity index (χ1n) is 5.72. The van der Waals surface area contributed by atoms with Crippen LogP contribution in [0.3, 0.4) is 0 Å². The van der Waals surface area contributed by atoms with Crippen LogP contribution in [0.1, 0.15) is 37.5 Å². The Kier molecular flexibility index (Phi) is 3.58. The molecular formula is C9H12F3N5O2. The van der Waals surface area contributed by atoms with Crippen LogP contribution in [-0.4, -0.2) is 37.4 Å². The summed E-state index contributed by atoms with van der Waals surface area (Å²) in [6, 6.07) is -0.668. The third-order valence-corrected chi connectivity index (χ3v) is 3.12. The Bertz CT molecular complexity index is 453. The lowest BCUT2D eigenvalue weighted by molar-refractivity contribution is -0.149. The molecular weight excluding hydrogens is 267 g/mol. The number of rotatable bonds is 2. The van der Waals surface area contributed by atoms with E-state index in [0.717, 1.165) is 4.68 Å². The van der Waals surface area contributed by atoms with Crippen LogP contribution >= 0.6 is 0 Å². The molecule has 1 aliphatic carbocycles. The molecule has 2 N–H and O–H groups in total. The molecule has 0 aliphatic heterocycles. The fourth-order valence-electron chi connectivity index (χ4n) is 2.27. The Labute approximate surface area is 105 Å². The minimum atomic E-state index is -4.58. The highest BCUT2D eigenvalue weighted by Crippen LogP contribution is 2.33. The number of tetrazole rings is 1. The third kappa shape index (κ3) is 3.12. The first-order valence-corrected chi connectivity index (χ1v) is 5.72. The van der Waals surface area contributed by atoms with Crippen molar-refractivity contribution in [3.63, 3.8) is 0 Å². The van der Waals surface area contributed by atoms with Crippen molar-refractivity contribution in [2.75, 3.05) is 0 Å². The Morgan fingerprint density at radius 3 is 2.47 bits per heavy atom. The molecule has 10 heteroatoms. The summed E-state index contributed by atoms with van der Waals surface area (Å²) >= 11 is 0. The van der Waals surface area contributed by atoms with Crippen molar-refractivity contribution in [3.8, 4) is 0 Å². The maximum atomic E-state index is 12.6. The van der Waals surface area contributed by atoms with Gasteiger partial charge in [-0.2, -0.15) is 13.2 Å². The molecule has 0 aromatic carbocycles. The zero-order valence-electron chi connectivity index (χ0n) is 9.76. The lowest BCUT2D eigenvalue weighted by atomic mass is 9.91. The molecule has 7 nitrogen and oxygen atoms in total. The second-order valence-corrected chi connectivity index (χ2v) is 4.40. The quantitative estimate of drug-likeness (QED) is 0.854. The number of carbonyl (C=O) groups is 1. The minimum absolute atomic E-state index is 0.223. The monoisotopic (exact) mass is 279 g/mol. The van der Waals surface area contributed by atoms with E-state index < -0.39 is 24.1 Å². The van der Waals surface area contributed by atoms with Gasteiger partial charge in [-0.3, -0.25) is 0 Å². The van der Waals surface area contributed by atoms with Gasteiger partial charge in [0.25, 0.3) is 5.82 Å². The highest BCUT2D eigenvalue weighted by Gasteiger charge is 2.40. The summed E-state index contributed by atoms with van der Waals surface area (Å²) in [6.07, 6.45) is -3.97. The van der Waals surface area contributed by atoms with Crippen LogP contribution in [0, 0.1) is 0 Å². The van der Waals surface area contributed by atoms with Crippen molar-refractivity contribution < 1.29 is 23.1 Å². The van der Waals surface area contributed by atoms with Crippen LogP contribution in [0.15, 0.2) is 0 Å². The van der Waals surface area contributed by atoms with Gasteiger partial charge in [-0.15, -0.1) is 5.10 Å². The minimum Gasteiger partial charge on any atom is -0.465 e. The maximum absolute atomic E-state index is 12.6. The molecule has 1 aromatic rings. The average Bonchev–Trinajstić information content (AvgIpc) is 2.77. The number of carboxylic acid groups (broad SMARTS) is 1. The zero-order chi connectivity index (χ0) is 14.0. The van der Waals surface area contributed by atoms with E-state index >= 15 is 0 Å². The topological polar surface area (TPSA) is 92.9 Å². The SMILES string of the molecule is O=C(O)NC1CCC(n2nnnc2C(F)(F)F)CC1. The predicted octanol–water partition coefficient (Wildman–Crippen LogP) is 1.44. The van der Waals surface area contributed by atoms with E-state index in [0.29, 0.717) is 25.7 Å². The molecule has 106 valence electrons.